The van der Waals surface area contributed by atoms with Crippen LogP contribution in [0, 0.1) is 5.82 Å². The summed E-state index contributed by atoms with van der Waals surface area (Å²) in [5.74, 6) is 0.625. The van der Waals surface area contributed by atoms with Crippen LogP contribution in [0.1, 0.15) is 5.56 Å². The molecule has 2 rings (SSSR count). The monoisotopic (exact) mass is 433 g/mol. The molecule has 2 N–H and O–H groups in total. The molecule has 0 fully saturated rings. The topological polar surface area (TPSA) is 44.5 Å². The van der Waals surface area contributed by atoms with Gasteiger partial charge in [0.25, 0.3) is 0 Å². The Morgan fingerprint density at radius 1 is 1.19 bits per heavy atom. The average Bonchev–Trinajstić information content (AvgIpc) is 2.45. The lowest BCUT2D eigenvalue weighted by atomic mass is 10.2. The Morgan fingerprint density at radius 3 is 2.43 bits per heavy atom. The van der Waals surface area contributed by atoms with Crippen LogP contribution in [0.15, 0.2) is 39.3 Å². The van der Waals surface area contributed by atoms with Crippen LogP contribution in [-0.2, 0) is 0 Å². The molecule has 0 amide bonds. The molecule has 0 aliphatic carbocycles. The van der Waals surface area contributed by atoms with Gasteiger partial charge in [-0.1, -0.05) is 12.2 Å². The van der Waals surface area contributed by atoms with E-state index >= 15 is 0 Å². The number of benzene rings is 2. The van der Waals surface area contributed by atoms with Crippen molar-refractivity contribution in [2.45, 2.75) is 0 Å². The Labute approximate surface area is 143 Å². The molecule has 0 aliphatic heterocycles. The van der Waals surface area contributed by atoms with Crippen molar-refractivity contribution < 1.29 is 13.9 Å². The van der Waals surface area contributed by atoms with Crippen molar-refractivity contribution in [3.63, 3.8) is 0 Å². The molecular formula is C14H10Br2FNO2S. The fourth-order valence-corrected chi connectivity index (χ4v) is 2.89. The molecule has 3 nitrogen and oxygen atoms in total. The minimum absolute atomic E-state index is 0.0627. The predicted octanol–water partition coefficient (Wildman–Crippen LogP) is 4.79. The summed E-state index contributed by atoms with van der Waals surface area (Å²) in [6.07, 6.45) is 0. The van der Waals surface area contributed by atoms with E-state index in [1.165, 1.54) is 6.07 Å². The lowest BCUT2D eigenvalue weighted by Gasteiger charge is -2.12. The van der Waals surface area contributed by atoms with E-state index in [0.29, 0.717) is 21.5 Å². The second-order valence-corrected chi connectivity index (χ2v) is 6.09. The van der Waals surface area contributed by atoms with Crippen LogP contribution >= 0.6 is 44.1 Å². The first-order valence-electron chi connectivity index (χ1n) is 5.73. The quantitative estimate of drug-likeness (QED) is 0.703. The zero-order valence-corrected chi connectivity index (χ0v) is 14.8. The van der Waals surface area contributed by atoms with Gasteiger partial charge in [0.1, 0.15) is 16.5 Å². The number of nitrogens with two attached hydrogens (primary N) is 1. The van der Waals surface area contributed by atoms with Crippen LogP contribution in [0.25, 0.3) is 0 Å². The molecule has 0 radical (unpaired) electrons. The van der Waals surface area contributed by atoms with Crippen molar-refractivity contribution in [1.29, 1.82) is 0 Å². The highest BCUT2D eigenvalue weighted by atomic mass is 79.9. The normalized spacial score (nSPS) is 10.3. The van der Waals surface area contributed by atoms with E-state index in [1.54, 1.807) is 31.4 Å². The van der Waals surface area contributed by atoms with Gasteiger partial charge in [-0.2, -0.15) is 0 Å². The molecule has 0 heterocycles. The van der Waals surface area contributed by atoms with Gasteiger partial charge in [-0.3, -0.25) is 0 Å². The Bertz CT molecular complexity index is 710. The average molecular weight is 435 g/mol. The van der Waals surface area contributed by atoms with Gasteiger partial charge in [0, 0.05) is 5.56 Å². The zero-order chi connectivity index (χ0) is 15.6. The van der Waals surface area contributed by atoms with Gasteiger partial charge in [-0.15, -0.1) is 0 Å². The van der Waals surface area contributed by atoms with Crippen LogP contribution in [0.2, 0.25) is 0 Å². The first kappa shape index (κ1) is 16.2. The Balaban J connectivity index is 2.36. The summed E-state index contributed by atoms with van der Waals surface area (Å²) in [6, 6.07) is 8.20. The molecule has 0 spiro atoms. The standard InChI is InChI=1S/C14H10Br2FNO2S/c1-19-7-2-4-10(9(15)6-7)20-11-5-3-8(14(18)21)12(16)13(11)17/h2-6H,1H3,(H2,18,21). The van der Waals surface area contributed by atoms with Crippen LogP contribution in [0.4, 0.5) is 4.39 Å². The number of hydrogen-bond donors (Lipinski definition) is 1. The van der Waals surface area contributed by atoms with E-state index in [0.717, 1.165) is 0 Å². The van der Waals surface area contributed by atoms with Crippen molar-refractivity contribution in [2.75, 3.05) is 7.11 Å². The highest BCUT2D eigenvalue weighted by Gasteiger charge is 2.15. The molecule has 0 saturated heterocycles. The lowest BCUT2D eigenvalue weighted by Crippen LogP contribution is -2.11. The van der Waals surface area contributed by atoms with E-state index in [4.69, 9.17) is 27.4 Å². The molecular weight excluding hydrogens is 425 g/mol. The maximum atomic E-state index is 14.3. The van der Waals surface area contributed by atoms with E-state index in [1.807, 2.05) is 0 Å². The van der Waals surface area contributed by atoms with E-state index in [9.17, 15) is 4.39 Å². The zero-order valence-electron chi connectivity index (χ0n) is 10.8. The van der Waals surface area contributed by atoms with Crippen LogP contribution < -0.4 is 15.2 Å². The van der Waals surface area contributed by atoms with Gasteiger partial charge in [-0.25, -0.2) is 4.39 Å². The molecule has 2 aromatic carbocycles. The largest absolute Gasteiger partial charge is 0.497 e. The molecule has 0 bridgehead atoms. The molecule has 21 heavy (non-hydrogen) atoms. The van der Waals surface area contributed by atoms with Gasteiger partial charge in [-0.05, 0) is 62.2 Å². The minimum atomic E-state index is -0.567. The maximum absolute atomic E-state index is 14.3. The SMILES string of the molecule is COc1ccc(Oc2ccc(C(N)=S)c(Br)c2F)c(Br)c1. The van der Waals surface area contributed by atoms with Gasteiger partial charge in [0.2, 0.25) is 0 Å². The van der Waals surface area contributed by atoms with E-state index in [2.05, 4.69) is 31.9 Å². The first-order chi connectivity index (χ1) is 9.93. The predicted molar refractivity (Wildman–Crippen MR) is 90.8 cm³/mol. The highest BCUT2D eigenvalue weighted by molar-refractivity contribution is 9.10. The smallest absolute Gasteiger partial charge is 0.180 e. The molecule has 0 saturated carbocycles. The molecule has 0 aliphatic rings. The second kappa shape index (κ2) is 6.72. The number of halogens is 3. The van der Waals surface area contributed by atoms with Gasteiger partial charge >= 0.3 is 0 Å². The number of rotatable bonds is 4. The molecule has 110 valence electrons. The van der Waals surface area contributed by atoms with Crippen LogP contribution in [-0.4, -0.2) is 12.1 Å². The third-order valence-electron chi connectivity index (χ3n) is 2.67. The molecule has 2 aromatic rings. The third kappa shape index (κ3) is 3.53. The molecule has 0 aromatic heterocycles. The summed E-state index contributed by atoms with van der Waals surface area (Å²) in [5.41, 5.74) is 5.93. The maximum Gasteiger partial charge on any atom is 0.180 e. The fourth-order valence-electron chi connectivity index (χ4n) is 1.61. The first-order valence-corrected chi connectivity index (χ1v) is 7.72. The number of methoxy groups -OCH3 is 1. The Morgan fingerprint density at radius 2 is 1.86 bits per heavy atom. The molecule has 0 atom stereocenters. The second-order valence-electron chi connectivity index (χ2n) is 4.00. The van der Waals surface area contributed by atoms with Gasteiger partial charge in [0.05, 0.1) is 16.1 Å². The Kier molecular flexibility index (Phi) is 5.18. The summed E-state index contributed by atoms with van der Waals surface area (Å²) >= 11 is 11.3. The fraction of sp³-hybridized carbons (Fsp3) is 0.0714. The summed E-state index contributed by atoms with van der Waals surface area (Å²) in [6.45, 7) is 0. The van der Waals surface area contributed by atoms with Gasteiger partial charge in [0.15, 0.2) is 11.6 Å². The van der Waals surface area contributed by atoms with Crippen LogP contribution in [0.3, 0.4) is 0 Å². The van der Waals surface area contributed by atoms with Crippen molar-refractivity contribution in [3.8, 4) is 17.2 Å². The molecule has 0 unspecified atom stereocenters. The number of thiocarbonyl (C=S) groups is 1. The summed E-state index contributed by atoms with van der Waals surface area (Å²) < 4.78 is 25.7. The van der Waals surface area contributed by atoms with Crippen molar-refractivity contribution in [3.05, 3.63) is 50.7 Å². The van der Waals surface area contributed by atoms with Crippen molar-refractivity contribution in [1.82, 2.24) is 0 Å². The lowest BCUT2D eigenvalue weighted by molar-refractivity contribution is 0.410. The number of ether oxygens (including phenoxy) is 2. The molecule has 7 heteroatoms. The van der Waals surface area contributed by atoms with Crippen LogP contribution in [0.5, 0.6) is 17.2 Å². The van der Waals surface area contributed by atoms with Gasteiger partial charge < -0.3 is 15.2 Å². The summed E-state index contributed by atoms with van der Waals surface area (Å²) in [4.78, 5) is 0.109. The minimum Gasteiger partial charge on any atom is -0.497 e. The van der Waals surface area contributed by atoms with E-state index in [-0.39, 0.29) is 15.2 Å². The van der Waals surface area contributed by atoms with Crippen molar-refractivity contribution >= 4 is 49.1 Å². The highest BCUT2D eigenvalue weighted by Crippen LogP contribution is 2.36. The third-order valence-corrected chi connectivity index (χ3v) is 4.29. The van der Waals surface area contributed by atoms with E-state index < -0.39 is 5.82 Å². The number of hydrogen-bond acceptors (Lipinski definition) is 3. The van der Waals surface area contributed by atoms with Crippen molar-refractivity contribution in [2.24, 2.45) is 5.73 Å². The summed E-state index contributed by atoms with van der Waals surface area (Å²) in [7, 11) is 1.56. The summed E-state index contributed by atoms with van der Waals surface area (Å²) in [5, 5.41) is 0. The Hall–Kier alpha value is -1.18.